The third kappa shape index (κ3) is 5.03. The van der Waals surface area contributed by atoms with Crippen LogP contribution >= 0.6 is 67.8 Å². The van der Waals surface area contributed by atoms with E-state index in [4.69, 9.17) is 0 Å². The van der Waals surface area contributed by atoms with E-state index in [2.05, 4.69) is 53.1 Å². The molecule has 0 unspecified atom stereocenters. The van der Waals surface area contributed by atoms with Gasteiger partial charge in [-0.15, -0.1) is 0 Å². The number of hydrogen-bond donors (Lipinski definition) is 0. The van der Waals surface area contributed by atoms with Crippen LogP contribution in [0.3, 0.4) is 0 Å². The Hall–Kier alpha value is -2.90. The van der Waals surface area contributed by atoms with Gasteiger partial charge >= 0.3 is 348 Å². The van der Waals surface area contributed by atoms with Crippen molar-refractivity contribution in [2.24, 2.45) is 0 Å². The average Bonchev–Trinajstić information content (AvgIpc) is 3.51. The fourth-order valence-electron chi connectivity index (χ4n) is 7.49. The summed E-state index contributed by atoms with van der Waals surface area (Å²) in [5, 5.41) is 8.26. The molecule has 0 atom stereocenters. The van der Waals surface area contributed by atoms with Gasteiger partial charge in [0.2, 0.25) is 0 Å². The molecule has 0 radical (unpaired) electrons. The molecule has 250 valence electrons. The normalized spacial score (nSPS) is 11.9. The minimum atomic E-state index is -1.53. The maximum atomic E-state index is 16.5. The molecule has 0 amide bonds. The Morgan fingerprint density at radius 1 is 0.462 bits per heavy atom. The fourth-order valence-corrected chi connectivity index (χ4v) is 10.9. The molecule has 9 rings (SSSR count). The van der Waals surface area contributed by atoms with E-state index in [1.807, 2.05) is 77.2 Å². The van der Waals surface area contributed by atoms with Gasteiger partial charge in [-0.25, -0.2) is 0 Å². The molecule has 8 aromatic carbocycles. The van der Waals surface area contributed by atoms with E-state index < -0.39 is 40.2 Å². The Morgan fingerprint density at radius 2 is 1.04 bits per heavy atom. The number of nitrogens with zero attached hydrogens (tertiary/aromatic N) is 1. The number of fused-ring (bicyclic) bond motifs is 10. The summed E-state index contributed by atoms with van der Waals surface area (Å²) >= 11 is 4.82. The van der Waals surface area contributed by atoms with Gasteiger partial charge in [-0.2, -0.15) is 0 Å². The molecule has 0 aliphatic rings. The third-order valence-corrected chi connectivity index (χ3v) is 18.4. The molecule has 0 aliphatic carbocycles. The standard InChI is InChI=1S/C42H18F5I3N.Tl/c43-35-28(34-37(45)39(47)41(50)40(49)38(34)46)19-29(48)31(36(35)44)21-15-17-30-27(18-21)33-25-13-7-6-12-24(25)26-16-14-20-8-4-5-11-23(20)32(26)42(33)51(30)22-9-2-1-3-10-22;/h1-18H;. The zero-order chi connectivity index (χ0) is 36.2. The molecule has 0 fully saturated rings. The van der Waals surface area contributed by atoms with Crippen LogP contribution in [0, 0.1) is 39.8 Å². The fraction of sp³-hybridized carbons (Fsp3) is 0. The van der Waals surface area contributed by atoms with Crippen molar-refractivity contribution in [2.45, 2.75) is 0 Å². The van der Waals surface area contributed by atoms with E-state index in [1.54, 1.807) is 28.7 Å². The van der Waals surface area contributed by atoms with Crippen molar-refractivity contribution in [2.75, 3.05) is 0 Å². The molecular formula is C42H18F5I3NTl. The van der Waals surface area contributed by atoms with Crippen molar-refractivity contribution in [3.8, 4) is 27.9 Å². The predicted octanol–water partition coefficient (Wildman–Crippen LogP) is 12.9. The number of halogens is 8. The van der Waals surface area contributed by atoms with Crippen LogP contribution in [-0.4, -0.2) is 30.3 Å². The summed E-state index contributed by atoms with van der Waals surface area (Å²) in [5.41, 5.74) is 1.79. The number of aromatic nitrogens is 1. The molecule has 0 bridgehead atoms. The molecule has 0 aliphatic heterocycles. The van der Waals surface area contributed by atoms with E-state index in [0.717, 1.165) is 59.8 Å². The molecule has 0 saturated carbocycles. The molecule has 0 saturated heterocycles. The summed E-state index contributed by atoms with van der Waals surface area (Å²) in [6.07, 6.45) is 0. The van der Waals surface area contributed by atoms with Gasteiger partial charge in [0.1, 0.15) is 0 Å². The van der Waals surface area contributed by atoms with E-state index in [0.29, 0.717) is 9.13 Å². The second-order valence-corrected chi connectivity index (χ2v) is 17.9. The van der Waals surface area contributed by atoms with Crippen molar-refractivity contribution in [1.82, 2.24) is 4.57 Å². The molecule has 9 aromatic rings. The van der Waals surface area contributed by atoms with E-state index in [1.165, 1.54) is 22.6 Å². The van der Waals surface area contributed by atoms with Gasteiger partial charge in [0.25, 0.3) is 0 Å². The Balaban J connectivity index is 1.42. The number of para-hydroxylation sites is 1. The number of benzene rings is 8. The summed E-state index contributed by atoms with van der Waals surface area (Å²) < 4.78 is 81.0. The number of hydrogen-bond acceptors (Lipinski definition) is 0. The van der Waals surface area contributed by atoms with Crippen molar-refractivity contribution in [1.29, 1.82) is 0 Å². The molecule has 0 spiro atoms. The molecule has 1 heterocycles. The van der Waals surface area contributed by atoms with Gasteiger partial charge in [-0.3, -0.25) is 0 Å². The van der Waals surface area contributed by atoms with Gasteiger partial charge in [-0.1, -0.05) is 6.07 Å². The summed E-state index contributed by atoms with van der Waals surface area (Å²) in [5.74, 6) is -6.60. The van der Waals surface area contributed by atoms with Crippen molar-refractivity contribution in [3.63, 3.8) is 0 Å². The van der Waals surface area contributed by atoms with Crippen LogP contribution in [0.1, 0.15) is 0 Å². The van der Waals surface area contributed by atoms with Crippen molar-refractivity contribution < 1.29 is 22.0 Å². The summed E-state index contributed by atoms with van der Waals surface area (Å²) in [6, 6.07) is 36.5. The van der Waals surface area contributed by atoms with Gasteiger partial charge < -0.3 is 0 Å². The molecule has 1 aromatic heterocycles. The first-order valence-corrected chi connectivity index (χ1v) is 21.4. The second-order valence-electron chi connectivity index (χ2n) is 12.4. The predicted molar refractivity (Wildman–Crippen MR) is 227 cm³/mol. The first-order chi connectivity index (χ1) is 25.1. The van der Waals surface area contributed by atoms with Crippen LogP contribution in [-0.2, 0) is 0 Å². The molecule has 1 nitrogen and oxygen atoms in total. The molecule has 52 heavy (non-hydrogen) atoms. The van der Waals surface area contributed by atoms with E-state index in [9.17, 15) is 4.39 Å². The van der Waals surface area contributed by atoms with Crippen molar-refractivity contribution in [3.05, 3.63) is 149 Å². The van der Waals surface area contributed by atoms with Crippen LogP contribution in [0.25, 0.3) is 82.1 Å². The van der Waals surface area contributed by atoms with Gasteiger partial charge in [0.15, 0.2) is 0 Å². The number of rotatable bonds is 3. The first kappa shape index (κ1) is 34.8. The van der Waals surface area contributed by atoms with E-state index >= 15 is 17.6 Å². The minimum absolute atomic E-state index is 0.00102. The zero-order valence-corrected chi connectivity index (χ0v) is 37.4. The first-order valence-electron chi connectivity index (χ1n) is 15.9. The summed E-state index contributed by atoms with van der Waals surface area (Å²) in [4.78, 5) is 0. The monoisotopic (exact) mass is 1220 g/mol. The SMILES string of the molecule is Fc1c(F)c(-c2c(F)c(F)c(-c3ccc4c(c3)c3c5ccccc5c5ccc6ccccc6c5c3n4-c3ccccc3)c(I)[c]2[Tl])c(F)c(I)c1I. The topological polar surface area (TPSA) is 4.93 Å². The van der Waals surface area contributed by atoms with Crippen LogP contribution < -0.4 is 3.12 Å². The maximum absolute atomic E-state index is 16.5. The van der Waals surface area contributed by atoms with Gasteiger partial charge in [0.05, 0.1) is 0 Å². The second kappa shape index (κ2) is 13.1. The van der Waals surface area contributed by atoms with Crippen LogP contribution in [0.5, 0.6) is 0 Å². The van der Waals surface area contributed by atoms with E-state index in [-0.39, 0.29) is 41.6 Å². The Kier molecular flexibility index (Phi) is 8.81. The average molecular weight is 1220 g/mol. The van der Waals surface area contributed by atoms with Crippen molar-refractivity contribution >= 4 is 151 Å². The summed E-state index contributed by atoms with van der Waals surface area (Å²) in [7, 11) is 0. The molecule has 10 heteroatoms. The van der Waals surface area contributed by atoms with Crippen LogP contribution in [0.2, 0.25) is 0 Å². The van der Waals surface area contributed by atoms with Gasteiger partial charge in [-0.05, 0) is 0 Å². The third-order valence-electron chi connectivity index (χ3n) is 9.74. The Bertz CT molecular complexity index is 2960. The van der Waals surface area contributed by atoms with Gasteiger partial charge in [0, 0.05) is 0 Å². The molecular weight excluding hydrogens is 1200 g/mol. The quantitative estimate of drug-likeness (QED) is 0.0415. The molecule has 0 N–H and O–H groups in total. The Morgan fingerprint density at radius 3 is 1.79 bits per heavy atom. The summed E-state index contributed by atoms with van der Waals surface area (Å²) in [6.45, 7) is 0. The van der Waals surface area contributed by atoms with Crippen LogP contribution in [0.4, 0.5) is 22.0 Å². The Labute approximate surface area is 350 Å². The van der Waals surface area contributed by atoms with Crippen LogP contribution in [0.15, 0.2) is 109 Å². The zero-order valence-electron chi connectivity index (χ0n) is 26.4.